The van der Waals surface area contributed by atoms with Crippen LogP contribution >= 0.6 is 15.9 Å². The minimum atomic E-state index is -1.12. The molecule has 2 aromatic carbocycles. The molecule has 10 heteroatoms. The number of rotatable bonds is 10. The Bertz CT molecular complexity index is 914. The summed E-state index contributed by atoms with van der Waals surface area (Å²) in [6, 6.07) is 17.4. The molecule has 3 amide bonds. The number of halogens is 1. The van der Waals surface area contributed by atoms with E-state index in [4.69, 9.17) is 9.57 Å². The number of nitrogens with one attached hydrogen (secondary N) is 4. The predicted octanol–water partition coefficient (Wildman–Crippen LogP) is 2.24. The standard InChI is InChI=1S/C23H25BrN4O5/c24-20-11-18(33-28-20)14-26-22(30)19(12-21(29)25-13-16-7-3-1-4-8-16)27-23(31)32-15-17-9-5-2-6-10-17/h1-11,18-19,28H,12-15H2,(H,25,29)(H,26,30)(H,27,31)/t18-,19?/m0/s1. The molecule has 174 valence electrons. The highest BCUT2D eigenvalue weighted by atomic mass is 79.9. The first-order valence-electron chi connectivity index (χ1n) is 10.3. The van der Waals surface area contributed by atoms with E-state index in [1.54, 1.807) is 6.08 Å². The van der Waals surface area contributed by atoms with Crippen molar-refractivity contribution in [1.82, 2.24) is 21.4 Å². The van der Waals surface area contributed by atoms with E-state index in [2.05, 4.69) is 37.4 Å². The van der Waals surface area contributed by atoms with Gasteiger partial charge in [-0.15, -0.1) is 0 Å². The predicted molar refractivity (Wildman–Crippen MR) is 124 cm³/mol. The molecule has 4 N–H and O–H groups in total. The Morgan fingerprint density at radius 2 is 1.67 bits per heavy atom. The molecular weight excluding hydrogens is 492 g/mol. The van der Waals surface area contributed by atoms with E-state index in [0.29, 0.717) is 11.2 Å². The van der Waals surface area contributed by atoms with E-state index in [1.807, 2.05) is 60.7 Å². The van der Waals surface area contributed by atoms with Gasteiger partial charge in [-0.05, 0) is 33.1 Å². The van der Waals surface area contributed by atoms with Crippen molar-refractivity contribution in [2.45, 2.75) is 31.7 Å². The van der Waals surface area contributed by atoms with Crippen molar-refractivity contribution in [3.63, 3.8) is 0 Å². The summed E-state index contributed by atoms with van der Waals surface area (Å²) >= 11 is 3.24. The van der Waals surface area contributed by atoms with Gasteiger partial charge in [0.15, 0.2) is 0 Å². The average molecular weight is 517 g/mol. The maximum Gasteiger partial charge on any atom is 0.408 e. The van der Waals surface area contributed by atoms with E-state index < -0.39 is 18.0 Å². The van der Waals surface area contributed by atoms with Crippen molar-refractivity contribution in [3.05, 3.63) is 82.5 Å². The van der Waals surface area contributed by atoms with E-state index in [0.717, 1.165) is 11.1 Å². The number of benzene rings is 2. The minimum absolute atomic E-state index is 0.0433. The van der Waals surface area contributed by atoms with Crippen LogP contribution in [-0.4, -0.2) is 36.6 Å². The van der Waals surface area contributed by atoms with Gasteiger partial charge in [-0.3, -0.25) is 19.9 Å². The second-order valence-corrected chi connectivity index (χ2v) is 8.10. The van der Waals surface area contributed by atoms with Gasteiger partial charge in [0.1, 0.15) is 23.4 Å². The van der Waals surface area contributed by atoms with Crippen LogP contribution in [0.1, 0.15) is 17.5 Å². The Morgan fingerprint density at radius 3 is 2.30 bits per heavy atom. The van der Waals surface area contributed by atoms with Crippen LogP contribution < -0.4 is 21.4 Å². The summed E-state index contributed by atoms with van der Waals surface area (Å²) in [5, 5.41) is 7.93. The maximum absolute atomic E-state index is 12.7. The van der Waals surface area contributed by atoms with Crippen molar-refractivity contribution in [2.24, 2.45) is 0 Å². The molecular formula is C23H25BrN4O5. The number of hydrogen-bond donors (Lipinski definition) is 4. The van der Waals surface area contributed by atoms with Gasteiger partial charge in [0, 0.05) is 6.54 Å². The first-order valence-corrected chi connectivity index (χ1v) is 11.1. The lowest BCUT2D eigenvalue weighted by atomic mass is 10.1. The van der Waals surface area contributed by atoms with Crippen molar-refractivity contribution in [3.8, 4) is 0 Å². The van der Waals surface area contributed by atoms with Gasteiger partial charge in [-0.25, -0.2) is 4.79 Å². The second kappa shape index (κ2) is 12.6. The van der Waals surface area contributed by atoms with Crippen LogP contribution in [0.3, 0.4) is 0 Å². The fourth-order valence-electron chi connectivity index (χ4n) is 2.96. The van der Waals surface area contributed by atoms with Crippen molar-refractivity contribution in [2.75, 3.05) is 6.54 Å². The molecule has 0 radical (unpaired) electrons. The Morgan fingerprint density at radius 1 is 1.00 bits per heavy atom. The third kappa shape index (κ3) is 8.59. The van der Waals surface area contributed by atoms with Gasteiger partial charge >= 0.3 is 6.09 Å². The normalized spacial score (nSPS) is 15.5. The Balaban J connectivity index is 1.54. The molecule has 0 aliphatic carbocycles. The number of hydroxylamine groups is 1. The van der Waals surface area contributed by atoms with Crippen molar-refractivity contribution >= 4 is 33.8 Å². The van der Waals surface area contributed by atoms with E-state index in [1.165, 1.54) is 0 Å². The number of ether oxygens (including phenoxy) is 1. The summed E-state index contributed by atoms with van der Waals surface area (Å²) in [5.41, 5.74) is 4.35. The lowest BCUT2D eigenvalue weighted by molar-refractivity contribution is -0.128. The van der Waals surface area contributed by atoms with E-state index in [-0.39, 0.29) is 31.6 Å². The van der Waals surface area contributed by atoms with Crippen LogP contribution in [0.2, 0.25) is 0 Å². The summed E-state index contributed by atoms with van der Waals surface area (Å²) in [4.78, 5) is 42.7. The molecule has 0 fully saturated rings. The zero-order valence-electron chi connectivity index (χ0n) is 17.8. The van der Waals surface area contributed by atoms with Crippen LogP contribution in [0.15, 0.2) is 71.3 Å². The molecule has 0 aromatic heterocycles. The summed E-state index contributed by atoms with van der Waals surface area (Å²) in [5.74, 6) is -0.912. The topological polar surface area (TPSA) is 118 Å². The van der Waals surface area contributed by atoms with Crippen LogP contribution in [0, 0.1) is 0 Å². The zero-order valence-corrected chi connectivity index (χ0v) is 19.3. The van der Waals surface area contributed by atoms with Crippen molar-refractivity contribution in [1.29, 1.82) is 0 Å². The Hall–Kier alpha value is -3.37. The molecule has 0 saturated heterocycles. The van der Waals surface area contributed by atoms with E-state index in [9.17, 15) is 14.4 Å². The molecule has 1 aliphatic rings. The summed E-state index contributed by atoms with van der Waals surface area (Å²) in [7, 11) is 0. The molecule has 33 heavy (non-hydrogen) atoms. The summed E-state index contributed by atoms with van der Waals surface area (Å²) < 4.78 is 5.85. The number of carbonyl (C=O) groups is 3. The van der Waals surface area contributed by atoms with Gasteiger partial charge in [-0.1, -0.05) is 60.7 Å². The third-order valence-corrected chi connectivity index (χ3v) is 5.09. The van der Waals surface area contributed by atoms with Gasteiger partial charge in [-0.2, -0.15) is 0 Å². The smallest absolute Gasteiger partial charge is 0.408 e. The van der Waals surface area contributed by atoms with Crippen LogP contribution in [-0.2, 0) is 32.3 Å². The molecule has 1 aliphatic heterocycles. The molecule has 3 rings (SSSR count). The first kappa shape index (κ1) is 24.3. The third-order valence-electron chi connectivity index (χ3n) is 4.66. The van der Waals surface area contributed by atoms with Crippen LogP contribution in [0.25, 0.3) is 0 Å². The van der Waals surface area contributed by atoms with Crippen LogP contribution in [0.5, 0.6) is 0 Å². The van der Waals surface area contributed by atoms with E-state index >= 15 is 0 Å². The molecule has 2 aromatic rings. The molecule has 0 bridgehead atoms. The first-order chi connectivity index (χ1) is 16.0. The highest BCUT2D eigenvalue weighted by Crippen LogP contribution is 2.11. The number of hydrogen-bond acceptors (Lipinski definition) is 6. The lowest BCUT2D eigenvalue weighted by Crippen LogP contribution is -2.50. The monoisotopic (exact) mass is 516 g/mol. The zero-order chi connectivity index (χ0) is 23.5. The van der Waals surface area contributed by atoms with Gasteiger partial charge in [0.05, 0.1) is 13.0 Å². The molecule has 1 unspecified atom stereocenters. The summed E-state index contributed by atoms with van der Waals surface area (Å²) in [6.07, 6.45) is 0.309. The van der Waals surface area contributed by atoms with Gasteiger partial charge in [0.25, 0.3) is 0 Å². The minimum Gasteiger partial charge on any atom is -0.445 e. The van der Waals surface area contributed by atoms with Crippen LogP contribution in [0.4, 0.5) is 4.79 Å². The highest BCUT2D eigenvalue weighted by Gasteiger charge is 2.26. The fraction of sp³-hybridized carbons (Fsp3) is 0.261. The maximum atomic E-state index is 12.7. The number of carbonyl (C=O) groups excluding carboxylic acids is 3. The fourth-order valence-corrected chi connectivity index (χ4v) is 3.35. The molecule has 1 heterocycles. The largest absolute Gasteiger partial charge is 0.445 e. The Labute approximate surface area is 200 Å². The number of amides is 3. The molecule has 9 nitrogen and oxygen atoms in total. The highest BCUT2D eigenvalue weighted by molar-refractivity contribution is 9.11. The average Bonchev–Trinajstić information content (AvgIpc) is 3.26. The number of alkyl carbamates (subject to hydrolysis) is 1. The quantitative estimate of drug-likeness (QED) is 0.359. The Kier molecular flexibility index (Phi) is 9.28. The van der Waals surface area contributed by atoms with Crippen molar-refractivity contribution < 1.29 is 24.0 Å². The summed E-state index contributed by atoms with van der Waals surface area (Å²) in [6.45, 7) is 0.512. The molecule has 0 saturated carbocycles. The second-order valence-electron chi connectivity index (χ2n) is 7.24. The van der Waals surface area contributed by atoms with Gasteiger partial charge in [0.2, 0.25) is 11.8 Å². The lowest BCUT2D eigenvalue weighted by Gasteiger charge is -2.19. The molecule has 0 spiro atoms. The molecule has 2 atom stereocenters. The van der Waals surface area contributed by atoms with Gasteiger partial charge < -0.3 is 20.7 Å². The SMILES string of the molecule is O=C(CC(NC(=O)OCc1ccccc1)C(=O)NC[C@@H]1C=C(Br)NO1)NCc1ccccc1.